The zero-order valence-electron chi connectivity index (χ0n) is 17.1. The van der Waals surface area contributed by atoms with Gasteiger partial charge in [-0.2, -0.15) is 0 Å². The Morgan fingerprint density at radius 3 is 2.43 bits per heavy atom. The lowest BCUT2D eigenvalue weighted by Crippen LogP contribution is -2.53. The number of benzene rings is 2. The number of piperazine rings is 1. The number of ether oxygens (including phenoxy) is 1. The average molecular weight is 382 g/mol. The van der Waals surface area contributed by atoms with Crippen molar-refractivity contribution >= 4 is 11.6 Å². The lowest BCUT2D eigenvalue weighted by atomic mass is 10.1. The Bertz CT molecular complexity index is 771. The van der Waals surface area contributed by atoms with Crippen molar-refractivity contribution in [2.75, 3.05) is 44.6 Å². The molecule has 0 aromatic heterocycles. The number of amides is 1. The number of carbonyl (C=O) groups is 1. The lowest BCUT2D eigenvalue weighted by molar-refractivity contribution is -0.121. The maximum absolute atomic E-state index is 12.6. The van der Waals surface area contributed by atoms with Crippen molar-refractivity contribution in [2.45, 2.75) is 26.8 Å². The van der Waals surface area contributed by atoms with Crippen LogP contribution in [0.4, 0.5) is 5.69 Å². The van der Waals surface area contributed by atoms with Crippen LogP contribution >= 0.6 is 0 Å². The predicted molar refractivity (Wildman–Crippen MR) is 114 cm³/mol. The summed E-state index contributed by atoms with van der Waals surface area (Å²) in [6.07, 6.45) is 0. The summed E-state index contributed by atoms with van der Waals surface area (Å²) in [5.41, 5.74) is 3.30. The monoisotopic (exact) mass is 381 g/mol. The Morgan fingerprint density at radius 1 is 1.04 bits per heavy atom. The van der Waals surface area contributed by atoms with Crippen molar-refractivity contribution in [1.29, 1.82) is 0 Å². The van der Waals surface area contributed by atoms with E-state index < -0.39 is 0 Å². The fraction of sp³-hybridized carbons (Fsp3) is 0.435. The van der Waals surface area contributed by atoms with Crippen molar-refractivity contribution in [3.05, 3.63) is 59.7 Å². The van der Waals surface area contributed by atoms with Crippen molar-refractivity contribution < 1.29 is 9.53 Å². The highest BCUT2D eigenvalue weighted by Crippen LogP contribution is 2.16. The number of hydrogen-bond acceptors (Lipinski definition) is 4. The van der Waals surface area contributed by atoms with E-state index in [1.807, 2.05) is 55.5 Å². The van der Waals surface area contributed by atoms with Crippen LogP contribution in [0, 0.1) is 13.8 Å². The van der Waals surface area contributed by atoms with E-state index in [2.05, 4.69) is 29.0 Å². The molecule has 5 heteroatoms. The Kier molecular flexibility index (Phi) is 7.06. The van der Waals surface area contributed by atoms with Crippen LogP contribution in [0.25, 0.3) is 0 Å². The zero-order chi connectivity index (χ0) is 19.9. The topological polar surface area (TPSA) is 44.8 Å². The van der Waals surface area contributed by atoms with Crippen LogP contribution in [-0.4, -0.2) is 61.1 Å². The molecule has 150 valence electrons. The zero-order valence-corrected chi connectivity index (χ0v) is 17.1. The van der Waals surface area contributed by atoms with Crippen molar-refractivity contribution in [2.24, 2.45) is 0 Å². The molecule has 0 aliphatic carbocycles. The van der Waals surface area contributed by atoms with Crippen LogP contribution in [0.3, 0.4) is 0 Å². The van der Waals surface area contributed by atoms with E-state index in [0.717, 1.165) is 44.2 Å². The second-order valence-corrected chi connectivity index (χ2v) is 7.50. The Labute approximate surface area is 168 Å². The SMILES string of the molecule is Cc1ccc(NC(=O)C(C)N2CCN(CCOc3ccccc3)CC2)cc1C. The average Bonchev–Trinajstić information content (AvgIpc) is 2.71. The van der Waals surface area contributed by atoms with Crippen LogP contribution in [0.15, 0.2) is 48.5 Å². The molecule has 1 unspecified atom stereocenters. The van der Waals surface area contributed by atoms with Crippen LogP contribution in [0.5, 0.6) is 5.75 Å². The van der Waals surface area contributed by atoms with Crippen molar-refractivity contribution in [3.8, 4) is 5.75 Å². The number of hydrogen-bond donors (Lipinski definition) is 1. The first kappa shape index (κ1) is 20.4. The minimum Gasteiger partial charge on any atom is -0.492 e. The highest BCUT2D eigenvalue weighted by atomic mass is 16.5. The third-order valence-electron chi connectivity index (χ3n) is 5.53. The number of aryl methyl sites for hydroxylation is 2. The number of nitrogens with one attached hydrogen (secondary N) is 1. The molecule has 1 saturated heterocycles. The second-order valence-electron chi connectivity index (χ2n) is 7.50. The molecule has 0 spiro atoms. The van der Waals surface area contributed by atoms with Gasteiger partial charge in [-0.15, -0.1) is 0 Å². The fourth-order valence-electron chi connectivity index (χ4n) is 3.42. The summed E-state index contributed by atoms with van der Waals surface area (Å²) in [4.78, 5) is 17.3. The fourth-order valence-corrected chi connectivity index (χ4v) is 3.42. The largest absolute Gasteiger partial charge is 0.492 e. The highest BCUT2D eigenvalue weighted by molar-refractivity contribution is 5.94. The van der Waals surface area contributed by atoms with Crippen LogP contribution < -0.4 is 10.1 Å². The molecule has 5 nitrogen and oxygen atoms in total. The first-order valence-corrected chi connectivity index (χ1v) is 10.1. The van der Waals surface area contributed by atoms with Gasteiger partial charge in [-0.25, -0.2) is 0 Å². The number of carbonyl (C=O) groups excluding carboxylic acids is 1. The Balaban J connectivity index is 1.40. The van der Waals surface area contributed by atoms with Gasteiger partial charge in [0.25, 0.3) is 0 Å². The second kappa shape index (κ2) is 9.71. The van der Waals surface area contributed by atoms with Crippen LogP contribution in [0.1, 0.15) is 18.1 Å². The maximum Gasteiger partial charge on any atom is 0.241 e. The minimum atomic E-state index is -0.135. The van der Waals surface area contributed by atoms with Gasteiger partial charge >= 0.3 is 0 Å². The van der Waals surface area contributed by atoms with Gasteiger partial charge < -0.3 is 10.1 Å². The van der Waals surface area contributed by atoms with Gasteiger partial charge in [-0.05, 0) is 56.2 Å². The van der Waals surface area contributed by atoms with E-state index in [1.54, 1.807) is 0 Å². The van der Waals surface area contributed by atoms with Gasteiger partial charge in [0, 0.05) is 38.4 Å². The van der Waals surface area contributed by atoms with Crippen molar-refractivity contribution in [3.63, 3.8) is 0 Å². The Morgan fingerprint density at radius 2 is 1.75 bits per heavy atom. The van der Waals surface area contributed by atoms with Gasteiger partial charge in [0.1, 0.15) is 12.4 Å². The van der Waals surface area contributed by atoms with E-state index in [0.29, 0.717) is 6.61 Å². The number of anilines is 1. The van der Waals surface area contributed by atoms with E-state index in [9.17, 15) is 4.79 Å². The maximum atomic E-state index is 12.6. The Hall–Kier alpha value is -2.37. The molecule has 0 radical (unpaired) electrons. The molecule has 1 amide bonds. The highest BCUT2D eigenvalue weighted by Gasteiger charge is 2.25. The van der Waals surface area contributed by atoms with Crippen LogP contribution in [0.2, 0.25) is 0 Å². The first-order chi connectivity index (χ1) is 13.5. The number of para-hydroxylation sites is 1. The molecule has 1 aliphatic heterocycles. The smallest absolute Gasteiger partial charge is 0.241 e. The molecule has 2 aromatic carbocycles. The molecule has 3 rings (SSSR count). The number of rotatable bonds is 7. The lowest BCUT2D eigenvalue weighted by Gasteiger charge is -2.37. The number of nitrogens with zero attached hydrogens (tertiary/aromatic N) is 2. The van der Waals surface area contributed by atoms with E-state index in [-0.39, 0.29) is 11.9 Å². The third kappa shape index (κ3) is 5.57. The minimum absolute atomic E-state index is 0.0594. The molecule has 1 N–H and O–H groups in total. The molecule has 1 atom stereocenters. The molecule has 0 saturated carbocycles. The normalized spacial score (nSPS) is 16.5. The molecule has 1 heterocycles. The summed E-state index contributed by atoms with van der Waals surface area (Å²) in [7, 11) is 0. The third-order valence-corrected chi connectivity index (χ3v) is 5.53. The molecule has 0 bridgehead atoms. The quantitative estimate of drug-likeness (QED) is 0.799. The molecule has 2 aromatic rings. The van der Waals surface area contributed by atoms with Crippen molar-refractivity contribution in [1.82, 2.24) is 9.80 Å². The summed E-state index contributed by atoms with van der Waals surface area (Å²) in [5.74, 6) is 0.974. The molecule has 1 fully saturated rings. The molecular formula is C23H31N3O2. The predicted octanol–water partition coefficient (Wildman–Crippen LogP) is 3.33. The summed E-state index contributed by atoms with van der Waals surface area (Å²) < 4.78 is 5.79. The van der Waals surface area contributed by atoms with Gasteiger partial charge in [0.2, 0.25) is 5.91 Å². The molecular weight excluding hydrogens is 350 g/mol. The van der Waals surface area contributed by atoms with Crippen LogP contribution in [-0.2, 0) is 4.79 Å². The van der Waals surface area contributed by atoms with Gasteiger partial charge in [0.05, 0.1) is 6.04 Å². The standard InChI is InChI=1S/C23H31N3O2/c1-18-9-10-21(17-19(18)2)24-23(27)20(3)26-13-11-25(12-14-26)15-16-28-22-7-5-4-6-8-22/h4-10,17,20H,11-16H2,1-3H3,(H,24,27). The van der Waals surface area contributed by atoms with Gasteiger partial charge in [-0.3, -0.25) is 14.6 Å². The molecule has 28 heavy (non-hydrogen) atoms. The first-order valence-electron chi connectivity index (χ1n) is 10.1. The summed E-state index contributed by atoms with van der Waals surface area (Å²) in [5, 5.41) is 3.06. The van der Waals surface area contributed by atoms with E-state index >= 15 is 0 Å². The molecule has 1 aliphatic rings. The summed E-state index contributed by atoms with van der Waals surface area (Å²) in [6, 6.07) is 15.8. The van der Waals surface area contributed by atoms with Gasteiger partial charge in [-0.1, -0.05) is 24.3 Å². The summed E-state index contributed by atoms with van der Waals surface area (Å²) >= 11 is 0. The van der Waals surface area contributed by atoms with E-state index in [1.165, 1.54) is 11.1 Å². The van der Waals surface area contributed by atoms with Gasteiger partial charge in [0.15, 0.2) is 0 Å². The summed E-state index contributed by atoms with van der Waals surface area (Å²) in [6.45, 7) is 11.4. The van der Waals surface area contributed by atoms with E-state index in [4.69, 9.17) is 4.74 Å².